The third-order valence-corrected chi connectivity index (χ3v) is 5.07. The molecular formula is C19H28N2O2. The second-order valence-electron chi connectivity index (χ2n) is 6.78. The minimum Gasteiger partial charge on any atom is -0.490 e. The molecule has 1 heterocycles. The van der Waals surface area contributed by atoms with Gasteiger partial charge in [-0.1, -0.05) is 6.42 Å². The number of carbonyl (C=O) groups excluding carboxylic acids is 1. The maximum atomic E-state index is 12.6. The maximum Gasteiger partial charge on any atom is 0.253 e. The summed E-state index contributed by atoms with van der Waals surface area (Å²) in [6.45, 7) is 1.66. The van der Waals surface area contributed by atoms with Crippen molar-refractivity contribution in [1.82, 2.24) is 10.2 Å². The van der Waals surface area contributed by atoms with Gasteiger partial charge in [-0.25, -0.2) is 0 Å². The Labute approximate surface area is 139 Å². The molecule has 1 aliphatic carbocycles. The fourth-order valence-corrected chi connectivity index (χ4v) is 3.63. The number of piperidine rings is 1. The molecule has 1 saturated heterocycles. The van der Waals surface area contributed by atoms with Crippen LogP contribution in [0.3, 0.4) is 0 Å². The van der Waals surface area contributed by atoms with Crippen LogP contribution in [0, 0.1) is 0 Å². The molecule has 4 nitrogen and oxygen atoms in total. The van der Waals surface area contributed by atoms with Crippen LogP contribution in [0.1, 0.15) is 55.3 Å². The van der Waals surface area contributed by atoms with Crippen molar-refractivity contribution in [2.24, 2.45) is 0 Å². The Balaban J connectivity index is 1.58. The van der Waals surface area contributed by atoms with Crippen molar-refractivity contribution >= 4 is 5.91 Å². The lowest BCUT2D eigenvalue weighted by atomic mass is 9.98. The van der Waals surface area contributed by atoms with Gasteiger partial charge in [0.2, 0.25) is 0 Å². The van der Waals surface area contributed by atoms with Crippen LogP contribution in [-0.2, 0) is 0 Å². The molecule has 126 valence electrons. The highest BCUT2D eigenvalue weighted by Crippen LogP contribution is 2.24. The number of amides is 1. The van der Waals surface area contributed by atoms with Crippen LogP contribution in [0.15, 0.2) is 24.3 Å². The molecule has 2 fully saturated rings. The van der Waals surface area contributed by atoms with Crippen molar-refractivity contribution in [1.29, 1.82) is 0 Å². The van der Waals surface area contributed by atoms with Crippen LogP contribution in [0.5, 0.6) is 5.75 Å². The average Bonchev–Trinajstić information content (AvgIpc) is 2.63. The second-order valence-corrected chi connectivity index (χ2v) is 6.78. The number of benzene rings is 1. The van der Waals surface area contributed by atoms with Crippen LogP contribution in [0.2, 0.25) is 0 Å². The highest BCUT2D eigenvalue weighted by atomic mass is 16.5. The van der Waals surface area contributed by atoms with Crippen LogP contribution in [-0.4, -0.2) is 43.1 Å². The Morgan fingerprint density at radius 2 is 1.83 bits per heavy atom. The summed E-state index contributed by atoms with van der Waals surface area (Å²) in [6, 6.07) is 8.12. The van der Waals surface area contributed by atoms with Crippen LogP contribution < -0.4 is 10.1 Å². The van der Waals surface area contributed by atoms with Crippen molar-refractivity contribution in [3.8, 4) is 5.75 Å². The van der Waals surface area contributed by atoms with E-state index in [0.717, 1.165) is 50.1 Å². The largest absolute Gasteiger partial charge is 0.490 e. The molecular weight excluding hydrogens is 288 g/mol. The fraction of sp³-hybridized carbons (Fsp3) is 0.632. The summed E-state index contributed by atoms with van der Waals surface area (Å²) in [5.74, 6) is 1.02. The van der Waals surface area contributed by atoms with Gasteiger partial charge in [-0.3, -0.25) is 4.79 Å². The van der Waals surface area contributed by atoms with Crippen molar-refractivity contribution in [2.75, 3.05) is 20.1 Å². The quantitative estimate of drug-likeness (QED) is 0.927. The van der Waals surface area contributed by atoms with Crippen LogP contribution in [0.4, 0.5) is 0 Å². The normalized spacial score (nSPS) is 22.8. The zero-order valence-electron chi connectivity index (χ0n) is 14.1. The molecule has 0 bridgehead atoms. The third-order valence-electron chi connectivity index (χ3n) is 5.07. The number of likely N-dealkylation sites (tertiary alicyclic amines) is 1. The van der Waals surface area contributed by atoms with Gasteiger partial charge in [-0.05, 0) is 69.8 Å². The van der Waals surface area contributed by atoms with Gasteiger partial charge in [0, 0.05) is 24.7 Å². The molecule has 0 spiro atoms. The van der Waals surface area contributed by atoms with Gasteiger partial charge in [0.1, 0.15) is 5.75 Å². The number of ether oxygens (including phenoxy) is 1. The Morgan fingerprint density at radius 1 is 1.09 bits per heavy atom. The topological polar surface area (TPSA) is 41.6 Å². The van der Waals surface area contributed by atoms with Gasteiger partial charge < -0.3 is 15.0 Å². The third kappa shape index (κ3) is 4.25. The van der Waals surface area contributed by atoms with E-state index in [1.807, 2.05) is 36.2 Å². The fourth-order valence-electron chi connectivity index (χ4n) is 3.63. The molecule has 1 aromatic rings. The van der Waals surface area contributed by atoms with Gasteiger partial charge in [0.15, 0.2) is 0 Å². The highest BCUT2D eigenvalue weighted by molar-refractivity contribution is 5.94. The van der Waals surface area contributed by atoms with E-state index in [2.05, 4.69) is 5.32 Å². The summed E-state index contributed by atoms with van der Waals surface area (Å²) in [7, 11) is 1.97. The lowest BCUT2D eigenvalue weighted by molar-refractivity contribution is 0.0698. The monoisotopic (exact) mass is 316 g/mol. The summed E-state index contributed by atoms with van der Waals surface area (Å²) >= 11 is 0. The standard InChI is InChI=1S/C19H28N2O2/c1-20-16-6-5-13-21(14-16)19(22)15-9-11-18(12-10-15)23-17-7-3-2-4-8-17/h9-12,16-17,20H,2-8,13-14H2,1H3. The van der Waals surface area contributed by atoms with Crippen LogP contribution in [0.25, 0.3) is 0 Å². The molecule has 1 aromatic carbocycles. The molecule has 2 aliphatic rings. The van der Waals surface area contributed by atoms with Crippen molar-refractivity contribution in [2.45, 2.75) is 57.1 Å². The predicted molar refractivity (Wildman–Crippen MR) is 91.9 cm³/mol. The molecule has 3 rings (SSSR count). The summed E-state index contributed by atoms with van der Waals surface area (Å²) < 4.78 is 6.04. The molecule has 0 radical (unpaired) electrons. The summed E-state index contributed by atoms with van der Waals surface area (Å²) in [5.41, 5.74) is 0.762. The molecule has 1 aliphatic heterocycles. The molecule has 23 heavy (non-hydrogen) atoms. The first-order chi connectivity index (χ1) is 11.3. The van der Waals surface area contributed by atoms with E-state index in [-0.39, 0.29) is 5.91 Å². The highest BCUT2D eigenvalue weighted by Gasteiger charge is 2.23. The maximum absolute atomic E-state index is 12.6. The average molecular weight is 316 g/mol. The van der Waals surface area contributed by atoms with E-state index >= 15 is 0 Å². The van der Waals surface area contributed by atoms with Crippen molar-refractivity contribution in [3.05, 3.63) is 29.8 Å². The number of hydrogen-bond acceptors (Lipinski definition) is 3. The zero-order chi connectivity index (χ0) is 16.1. The summed E-state index contributed by atoms with van der Waals surface area (Å²) in [6.07, 6.45) is 8.74. The lowest BCUT2D eigenvalue weighted by Gasteiger charge is -2.32. The van der Waals surface area contributed by atoms with Gasteiger partial charge in [0.05, 0.1) is 6.10 Å². The van der Waals surface area contributed by atoms with E-state index in [1.54, 1.807) is 0 Å². The van der Waals surface area contributed by atoms with E-state index in [0.29, 0.717) is 12.1 Å². The number of rotatable bonds is 4. The Hall–Kier alpha value is -1.55. The first-order valence-electron chi connectivity index (χ1n) is 8.99. The SMILES string of the molecule is CNC1CCCN(C(=O)c2ccc(OC3CCCCC3)cc2)C1. The number of nitrogens with zero attached hydrogens (tertiary/aromatic N) is 1. The molecule has 0 aromatic heterocycles. The van der Waals surface area contributed by atoms with Crippen molar-refractivity contribution < 1.29 is 9.53 Å². The van der Waals surface area contributed by atoms with E-state index in [1.165, 1.54) is 19.3 Å². The van der Waals surface area contributed by atoms with Crippen molar-refractivity contribution in [3.63, 3.8) is 0 Å². The molecule has 1 atom stereocenters. The number of nitrogens with one attached hydrogen (secondary N) is 1. The molecule has 1 unspecified atom stereocenters. The summed E-state index contributed by atoms with van der Waals surface area (Å²) in [5, 5.41) is 3.28. The molecule has 1 N–H and O–H groups in total. The first kappa shape index (κ1) is 16.3. The van der Waals surface area contributed by atoms with Crippen LogP contribution >= 0.6 is 0 Å². The number of hydrogen-bond donors (Lipinski definition) is 1. The lowest BCUT2D eigenvalue weighted by Crippen LogP contribution is -2.46. The smallest absolute Gasteiger partial charge is 0.253 e. The van der Waals surface area contributed by atoms with Gasteiger partial charge in [-0.15, -0.1) is 0 Å². The molecule has 1 amide bonds. The first-order valence-corrected chi connectivity index (χ1v) is 8.99. The minimum atomic E-state index is 0.133. The Morgan fingerprint density at radius 3 is 2.52 bits per heavy atom. The Bertz CT molecular complexity index is 509. The minimum absolute atomic E-state index is 0.133. The molecule has 1 saturated carbocycles. The zero-order valence-corrected chi connectivity index (χ0v) is 14.1. The van der Waals surface area contributed by atoms with E-state index in [4.69, 9.17) is 4.74 Å². The van der Waals surface area contributed by atoms with Gasteiger partial charge in [-0.2, -0.15) is 0 Å². The predicted octanol–water partition coefficient (Wildman–Crippen LogP) is 3.22. The van der Waals surface area contributed by atoms with E-state index in [9.17, 15) is 4.79 Å². The molecule has 4 heteroatoms. The Kier molecular flexibility index (Phi) is 5.55. The number of carbonyl (C=O) groups is 1. The van der Waals surface area contributed by atoms with Gasteiger partial charge >= 0.3 is 0 Å². The summed E-state index contributed by atoms with van der Waals surface area (Å²) in [4.78, 5) is 14.6. The van der Waals surface area contributed by atoms with E-state index < -0.39 is 0 Å². The number of likely N-dealkylation sites (N-methyl/N-ethyl adjacent to an activating group) is 1. The van der Waals surface area contributed by atoms with Gasteiger partial charge in [0.25, 0.3) is 5.91 Å². The second kappa shape index (κ2) is 7.82.